The highest BCUT2D eigenvalue weighted by atomic mass is 16.3. The number of amides is 2. The van der Waals surface area contributed by atoms with Crippen molar-refractivity contribution in [3.63, 3.8) is 0 Å². The van der Waals surface area contributed by atoms with Crippen LogP contribution in [0.25, 0.3) is 0 Å². The number of hydrogen-bond donors (Lipinski definition) is 2. The molecule has 0 unspecified atom stereocenters. The van der Waals surface area contributed by atoms with Crippen LogP contribution in [0.2, 0.25) is 0 Å². The number of benzene rings is 1. The average Bonchev–Trinajstić information content (AvgIpc) is 2.43. The summed E-state index contributed by atoms with van der Waals surface area (Å²) in [5, 5.41) is 12.1. The highest BCUT2D eigenvalue weighted by Crippen LogP contribution is 2.30. The van der Waals surface area contributed by atoms with Crippen LogP contribution in [0.1, 0.15) is 29.6 Å². The third-order valence-electron chi connectivity index (χ3n) is 3.77. The van der Waals surface area contributed by atoms with E-state index in [4.69, 9.17) is 0 Å². The maximum Gasteiger partial charge on any atom is 0.254 e. The van der Waals surface area contributed by atoms with Crippen molar-refractivity contribution in [3.8, 4) is 0 Å². The molecule has 1 saturated carbocycles. The van der Waals surface area contributed by atoms with E-state index in [9.17, 15) is 14.7 Å². The van der Waals surface area contributed by atoms with Crippen LogP contribution in [0.4, 0.5) is 0 Å². The molecular weight excluding hydrogens is 256 g/mol. The summed E-state index contributed by atoms with van der Waals surface area (Å²) >= 11 is 0. The first-order valence-electron chi connectivity index (χ1n) is 6.79. The Morgan fingerprint density at radius 1 is 1.30 bits per heavy atom. The van der Waals surface area contributed by atoms with E-state index in [1.165, 1.54) is 4.90 Å². The zero-order chi connectivity index (χ0) is 14.6. The van der Waals surface area contributed by atoms with Crippen LogP contribution >= 0.6 is 0 Å². The number of nitrogens with one attached hydrogen (secondary N) is 1. The molecule has 0 aromatic heterocycles. The smallest absolute Gasteiger partial charge is 0.254 e. The van der Waals surface area contributed by atoms with Gasteiger partial charge in [-0.25, -0.2) is 0 Å². The molecule has 0 radical (unpaired) electrons. The SMILES string of the molecule is CN(CC(=O)NC1(CO)CCC1)C(=O)c1ccccc1. The first-order valence-corrected chi connectivity index (χ1v) is 6.79. The molecule has 2 N–H and O–H groups in total. The molecule has 2 amide bonds. The second-order valence-corrected chi connectivity index (χ2v) is 5.37. The summed E-state index contributed by atoms with van der Waals surface area (Å²) in [4.78, 5) is 25.4. The molecule has 0 aliphatic heterocycles. The minimum absolute atomic E-state index is 0.00449. The van der Waals surface area contributed by atoms with Gasteiger partial charge in [-0.3, -0.25) is 9.59 Å². The van der Waals surface area contributed by atoms with Crippen LogP contribution in [0.3, 0.4) is 0 Å². The van der Waals surface area contributed by atoms with E-state index in [1.807, 2.05) is 6.07 Å². The van der Waals surface area contributed by atoms with Gasteiger partial charge in [0.15, 0.2) is 0 Å². The Balaban J connectivity index is 1.89. The first-order chi connectivity index (χ1) is 9.56. The Hall–Kier alpha value is -1.88. The van der Waals surface area contributed by atoms with Gasteiger partial charge in [0.2, 0.25) is 5.91 Å². The quantitative estimate of drug-likeness (QED) is 0.835. The van der Waals surface area contributed by atoms with E-state index < -0.39 is 5.54 Å². The van der Waals surface area contributed by atoms with E-state index in [0.29, 0.717) is 5.56 Å². The standard InChI is InChI=1S/C15H20N2O3/c1-17(14(20)12-6-3-2-4-7-12)10-13(19)16-15(11-18)8-5-9-15/h2-4,6-7,18H,5,8-11H2,1H3,(H,16,19). The van der Waals surface area contributed by atoms with Crippen molar-refractivity contribution in [2.45, 2.75) is 24.8 Å². The topological polar surface area (TPSA) is 69.6 Å². The summed E-state index contributed by atoms with van der Waals surface area (Å²) in [6.07, 6.45) is 2.61. The Morgan fingerprint density at radius 3 is 2.45 bits per heavy atom. The van der Waals surface area contributed by atoms with Gasteiger partial charge >= 0.3 is 0 Å². The predicted octanol–water partition coefficient (Wildman–Crippen LogP) is 0.790. The van der Waals surface area contributed by atoms with Gasteiger partial charge in [-0.15, -0.1) is 0 Å². The fourth-order valence-corrected chi connectivity index (χ4v) is 2.35. The number of aliphatic hydroxyl groups excluding tert-OH is 1. The van der Waals surface area contributed by atoms with Crippen molar-refractivity contribution < 1.29 is 14.7 Å². The summed E-state index contributed by atoms with van der Waals surface area (Å²) < 4.78 is 0. The van der Waals surface area contributed by atoms with Gasteiger partial charge in [0.05, 0.1) is 18.7 Å². The largest absolute Gasteiger partial charge is 0.394 e. The van der Waals surface area contributed by atoms with Crippen LogP contribution in [-0.2, 0) is 4.79 Å². The molecule has 1 aliphatic rings. The molecule has 5 heteroatoms. The third kappa shape index (κ3) is 3.17. The predicted molar refractivity (Wildman–Crippen MR) is 75.2 cm³/mol. The summed E-state index contributed by atoms with van der Waals surface area (Å²) in [7, 11) is 1.60. The van der Waals surface area contributed by atoms with Crippen LogP contribution in [0.15, 0.2) is 30.3 Å². The van der Waals surface area contributed by atoms with E-state index >= 15 is 0 Å². The molecule has 0 heterocycles. The average molecular weight is 276 g/mol. The van der Waals surface area contributed by atoms with Crippen LogP contribution in [0.5, 0.6) is 0 Å². The summed E-state index contributed by atoms with van der Waals surface area (Å²) in [6.45, 7) is -0.0510. The number of carbonyl (C=O) groups is 2. The van der Waals surface area contributed by atoms with E-state index in [2.05, 4.69) is 5.32 Å². The van der Waals surface area contributed by atoms with Gasteiger partial charge in [0.25, 0.3) is 5.91 Å². The lowest BCUT2D eigenvalue weighted by Crippen LogP contribution is -2.58. The highest BCUT2D eigenvalue weighted by Gasteiger charge is 2.37. The lowest BCUT2D eigenvalue weighted by molar-refractivity contribution is -0.125. The zero-order valence-electron chi connectivity index (χ0n) is 11.6. The molecule has 1 aliphatic carbocycles. The Labute approximate surface area is 118 Å². The molecular formula is C15H20N2O3. The van der Waals surface area contributed by atoms with Crippen molar-refractivity contribution in [1.29, 1.82) is 0 Å². The van der Waals surface area contributed by atoms with Gasteiger partial charge in [-0.05, 0) is 31.4 Å². The van der Waals surface area contributed by atoms with E-state index in [0.717, 1.165) is 19.3 Å². The number of carbonyl (C=O) groups excluding carboxylic acids is 2. The maximum atomic E-state index is 12.1. The molecule has 20 heavy (non-hydrogen) atoms. The lowest BCUT2D eigenvalue weighted by atomic mass is 9.77. The van der Waals surface area contributed by atoms with Gasteiger partial charge < -0.3 is 15.3 Å². The van der Waals surface area contributed by atoms with Gasteiger partial charge in [0.1, 0.15) is 0 Å². The number of nitrogens with zero attached hydrogens (tertiary/aromatic N) is 1. The minimum atomic E-state index is -0.465. The van der Waals surface area contributed by atoms with Gasteiger partial charge in [0, 0.05) is 12.6 Å². The molecule has 0 bridgehead atoms. The molecule has 2 rings (SSSR count). The second-order valence-electron chi connectivity index (χ2n) is 5.37. The monoisotopic (exact) mass is 276 g/mol. The molecule has 0 spiro atoms. The number of rotatable bonds is 5. The number of likely N-dealkylation sites (N-methyl/N-ethyl adjacent to an activating group) is 1. The van der Waals surface area contributed by atoms with Gasteiger partial charge in [-0.2, -0.15) is 0 Å². The van der Waals surface area contributed by atoms with E-state index in [1.54, 1.807) is 31.3 Å². The second kappa shape index (κ2) is 6.05. The van der Waals surface area contributed by atoms with Gasteiger partial charge in [-0.1, -0.05) is 18.2 Å². The summed E-state index contributed by atoms with van der Waals surface area (Å²) in [5.74, 6) is -0.419. The molecule has 0 saturated heterocycles. The van der Waals surface area contributed by atoms with Crippen LogP contribution in [-0.4, -0.2) is 47.6 Å². The number of aliphatic hydroxyl groups is 1. The fraction of sp³-hybridized carbons (Fsp3) is 0.467. The van der Waals surface area contributed by atoms with Crippen LogP contribution < -0.4 is 5.32 Å². The Kier molecular flexibility index (Phi) is 4.39. The molecule has 5 nitrogen and oxygen atoms in total. The molecule has 1 fully saturated rings. The molecule has 1 aromatic rings. The highest BCUT2D eigenvalue weighted by molar-refractivity contribution is 5.96. The van der Waals surface area contributed by atoms with Crippen molar-refractivity contribution in [3.05, 3.63) is 35.9 Å². The summed E-state index contributed by atoms with van der Waals surface area (Å²) in [5.41, 5.74) is 0.0941. The Morgan fingerprint density at radius 2 is 1.95 bits per heavy atom. The lowest BCUT2D eigenvalue weighted by Gasteiger charge is -2.41. The van der Waals surface area contributed by atoms with Crippen molar-refractivity contribution >= 4 is 11.8 Å². The van der Waals surface area contributed by atoms with Crippen molar-refractivity contribution in [1.82, 2.24) is 10.2 Å². The number of hydrogen-bond acceptors (Lipinski definition) is 3. The molecule has 0 atom stereocenters. The normalized spacial score (nSPS) is 16.1. The van der Waals surface area contributed by atoms with Crippen molar-refractivity contribution in [2.24, 2.45) is 0 Å². The van der Waals surface area contributed by atoms with E-state index in [-0.39, 0.29) is 25.0 Å². The zero-order valence-corrected chi connectivity index (χ0v) is 11.6. The minimum Gasteiger partial charge on any atom is -0.394 e. The fourth-order valence-electron chi connectivity index (χ4n) is 2.35. The van der Waals surface area contributed by atoms with Crippen LogP contribution in [0, 0.1) is 0 Å². The Bertz CT molecular complexity index is 478. The first kappa shape index (κ1) is 14.5. The third-order valence-corrected chi connectivity index (χ3v) is 3.77. The molecule has 108 valence electrons. The maximum absolute atomic E-state index is 12.1. The summed E-state index contributed by atoms with van der Waals surface area (Å²) in [6, 6.07) is 8.85. The molecule has 1 aromatic carbocycles. The van der Waals surface area contributed by atoms with Crippen molar-refractivity contribution in [2.75, 3.05) is 20.2 Å².